The van der Waals surface area contributed by atoms with E-state index in [1.165, 1.54) is 0 Å². The average molecular weight is 157 g/mol. The Morgan fingerprint density at radius 2 is 2.27 bits per heavy atom. The lowest BCUT2D eigenvalue weighted by Crippen LogP contribution is -2.63. The van der Waals surface area contributed by atoms with Gasteiger partial charge in [0.25, 0.3) is 0 Å². The highest BCUT2D eigenvalue weighted by molar-refractivity contribution is 5.80. The Labute approximate surface area is 66.5 Å². The SMILES string of the molecule is CC1(C)CNC(C(N)=O)CN1. The summed E-state index contributed by atoms with van der Waals surface area (Å²) >= 11 is 0. The van der Waals surface area contributed by atoms with Gasteiger partial charge in [-0.15, -0.1) is 0 Å². The summed E-state index contributed by atoms with van der Waals surface area (Å²) in [5.74, 6) is -0.284. The molecule has 0 radical (unpaired) electrons. The summed E-state index contributed by atoms with van der Waals surface area (Å²) in [6.07, 6.45) is 0. The van der Waals surface area contributed by atoms with Crippen molar-refractivity contribution in [1.82, 2.24) is 10.6 Å². The first-order chi connectivity index (χ1) is 5.01. The Balaban J connectivity index is 2.42. The minimum Gasteiger partial charge on any atom is -0.368 e. The van der Waals surface area contributed by atoms with E-state index in [2.05, 4.69) is 24.5 Å². The molecule has 0 saturated carbocycles. The number of nitrogens with two attached hydrogens (primary N) is 1. The number of nitrogens with one attached hydrogen (secondary N) is 2. The first-order valence-electron chi connectivity index (χ1n) is 3.79. The predicted molar refractivity (Wildman–Crippen MR) is 43.1 cm³/mol. The van der Waals surface area contributed by atoms with Gasteiger partial charge in [-0.25, -0.2) is 0 Å². The maximum Gasteiger partial charge on any atom is 0.235 e. The molecule has 0 aromatic rings. The van der Waals surface area contributed by atoms with Crippen LogP contribution in [0.3, 0.4) is 0 Å². The molecule has 1 fully saturated rings. The Kier molecular flexibility index (Phi) is 2.15. The molecule has 4 nitrogen and oxygen atoms in total. The lowest BCUT2D eigenvalue weighted by Gasteiger charge is -2.35. The number of rotatable bonds is 1. The highest BCUT2D eigenvalue weighted by Crippen LogP contribution is 2.04. The van der Waals surface area contributed by atoms with E-state index in [9.17, 15) is 4.79 Å². The van der Waals surface area contributed by atoms with Crippen LogP contribution in [0, 0.1) is 0 Å². The van der Waals surface area contributed by atoms with Gasteiger partial charge in [0.1, 0.15) is 0 Å². The van der Waals surface area contributed by atoms with Crippen molar-refractivity contribution >= 4 is 5.91 Å². The molecule has 0 aromatic carbocycles. The van der Waals surface area contributed by atoms with Crippen molar-refractivity contribution in [3.05, 3.63) is 0 Å². The Bertz CT molecular complexity index is 157. The molecule has 0 aromatic heterocycles. The molecule has 1 saturated heterocycles. The summed E-state index contributed by atoms with van der Waals surface area (Å²) in [7, 11) is 0. The smallest absolute Gasteiger partial charge is 0.235 e. The molecule has 1 atom stereocenters. The van der Waals surface area contributed by atoms with Crippen molar-refractivity contribution < 1.29 is 4.79 Å². The van der Waals surface area contributed by atoms with Crippen molar-refractivity contribution in [2.45, 2.75) is 25.4 Å². The van der Waals surface area contributed by atoms with Gasteiger partial charge in [0.2, 0.25) is 5.91 Å². The molecular formula is C7H15N3O. The quantitative estimate of drug-likeness (QED) is 0.448. The second-order valence-corrected chi connectivity index (χ2v) is 3.60. The van der Waals surface area contributed by atoms with Gasteiger partial charge in [-0.1, -0.05) is 0 Å². The topological polar surface area (TPSA) is 67.1 Å². The van der Waals surface area contributed by atoms with Crippen molar-refractivity contribution in [1.29, 1.82) is 0 Å². The van der Waals surface area contributed by atoms with Gasteiger partial charge in [0.05, 0.1) is 6.04 Å². The highest BCUT2D eigenvalue weighted by atomic mass is 16.1. The fraction of sp³-hybridized carbons (Fsp3) is 0.857. The van der Waals surface area contributed by atoms with Gasteiger partial charge in [-0.3, -0.25) is 4.79 Å². The second kappa shape index (κ2) is 2.79. The molecule has 1 amide bonds. The summed E-state index contributed by atoms with van der Waals surface area (Å²) in [6, 6.07) is -0.206. The number of primary amides is 1. The van der Waals surface area contributed by atoms with Gasteiger partial charge in [0, 0.05) is 18.6 Å². The van der Waals surface area contributed by atoms with Crippen LogP contribution in [0.15, 0.2) is 0 Å². The molecule has 1 aliphatic rings. The van der Waals surface area contributed by atoms with Crippen LogP contribution in [0.2, 0.25) is 0 Å². The second-order valence-electron chi connectivity index (χ2n) is 3.60. The standard InChI is InChI=1S/C7H15N3O/c1-7(2)4-9-5(3-10-7)6(8)11/h5,9-10H,3-4H2,1-2H3,(H2,8,11). The van der Waals surface area contributed by atoms with E-state index < -0.39 is 0 Å². The number of hydrogen-bond acceptors (Lipinski definition) is 3. The Morgan fingerprint density at radius 1 is 1.64 bits per heavy atom. The van der Waals surface area contributed by atoms with E-state index >= 15 is 0 Å². The normalized spacial score (nSPS) is 29.8. The van der Waals surface area contributed by atoms with E-state index in [4.69, 9.17) is 5.73 Å². The Morgan fingerprint density at radius 3 is 2.64 bits per heavy atom. The van der Waals surface area contributed by atoms with Gasteiger partial charge >= 0.3 is 0 Å². The van der Waals surface area contributed by atoms with Crippen LogP contribution in [-0.2, 0) is 4.79 Å². The molecule has 1 aliphatic heterocycles. The summed E-state index contributed by atoms with van der Waals surface area (Å²) in [4.78, 5) is 10.7. The zero-order valence-corrected chi connectivity index (χ0v) is 6.98. The summed E-state index contributed by atoms with van der Waals surface area (Å²) in [5.41, 5.74) is 5.19. The summed E-state index contributed by atoms with van der Waals surface area (Å²) in [5, 5.41) is 6.30. The van der Waals surface area contributed by atoms with E-state index in [-0.39, 0.29) is 17.5 Å². The predicted octanol–water partition coefficient (Wildman–Crippen LogP) is -1.19. The van der Waals surface area contributed by atoms with Crippen molar-refractivity contribution in [3.8, 4) is 0 Å². The molecule has 0 spiro atoms. The number of carbonyl (C=O) groups excluding carboxylic acids is 1. The maximum atomic E-state index is 10.7. The van der Waals surface area contributed by atoms with Crippen LogP contribution in [0.4, 0.5) is 0 Å². The van der Waals surface area contributed by atoms with Gasteiger partial charge < -0.3 is 16.4 Å². The summed E-state index contributed by atoms with van der Waals surface area (Å²) < 4.78 is 0. The van der Waals surface area contributed by atoms with Crippen LogP contribution in [0.5, 0.6) is 0 Å². The number of hydrogen-bond donors (Lipinski definition) is 3. The van der Waals surface area contributed by atoms with Crippen molar-refractivity contribution in [2.24, 2.45) is 5.73 Å². The molecule has 4 N–H and O–H groups in total. The monoisotopic (exact) mass is 157 g/mol. The molecular weight excluding hydrogens is 142 g/mol. The average Bonchev–Trinajstić information content (AvgIpc) is 1.86. The molecule has 4 heteroatoms. The lowest BCUT2D eigenvalue weighted by atomic mass is 10.0. The van der Waals surface area contributed by atoms with Crippen LogP contribution in [0.1, 0.15) is 13.8 Å². The van der Waals surface area contributed by atoms with Crippen LogP contribution in [0.25, 0.3) is 0 Å². The zero-order chi connectivity index (χ0) is 8.48. The third kappa shape index (κ3) is 2.17. The first kappa shape index (κ1) is 8.49. The molecule has 0 bridgehead atoms. The highest BCUT2D eigenvalue weighted by Gasteiger charge is 2.27. The third-order valence-corrected chi connectivity index (χ3v) is 1.92. The first-order valence-corrected chi connectivity index (χ1v) is 3.79. The van der Waals surface area contributed by atoms with Crippen molar-refractivity contribution in [3.63, 3.8) is 0 Å². The number of piperazine rings is 1. The molecule has 0 aliphatic carbocycles. The fourth-order valence-corrected chi connectivity index (χ4v) is 1.09. The molecule has 1 rings (SSSR count). The van der Waals surface area contributed by atoms with E-state index in [1.54, 1.807) is 0 Å². The summed E-state index contributed by atoms with van der Waals surface area (Å²) in [6.45, 7) is 5.57. The third-order valence-electron chi connectivity index (χ3n) is 1.92. The molecule has 1 heterocycles. The van der Waals surface area contributed by atoms with E-state index in [1.807, 2.05) is 0 Å². The lowest BCUT2D eigenvalue weighted by molar-refractivity contribution is -0.120. The van der Waals surface area contributed by atoms with Crippen molar-refractivity contribution in [2.75, 3.05) is 13.1 Å². The molecule has 64 valence electrons. The van der Waals surface area contributed by atoms with E-state index in [0.717, 1.165) is 6.54 Å². The minimum absolute atomic E-state index is 0.0753. The largest absolute Gasteiger partial charge is 0.368 e. The zero-order valence-electron chi connectivity index (χ0n) is 6.98. The fourth-order valence-electron chi connectivity index (χ4n) is 1.09. The van der Waals surface area contributed by atoms with Crippen LogP contribution < -0.4 is 16.4 Å². The number of carbonyl (C=O) groups is 1. The number of amides is 1. The minimum atomic E-state index is -0.284. The van der Waals surface area contributed by atoms with Gasteiger partial charge in [0.15, 0.2) is 0 Å². The van der Waals surface area contributed by atoms with Gasteiger partial charge in [-0.05, 0) is 13.8 Å². The van der Waals surface area contributed by atoms with Crippen LogP contribution in [-0.4, -0.2) is 30.6 Å². The molecule has 11 heavy (non-hydrogen) atoms. The molecule has 1 unspecified atom stereocenters. The van der Waals surface area contributed by atoms with E-state index in [0.29, 0.717) is 6.54 Å². The van der Waals surface area contributed by atoms with Gasteiger partial charge in [-0.2, -0.15) is 0 Å². The maximum absolute atomic E-state index is 10.7. The Hall–Kier alpha value is -0.610. The van der Waals surface area contributed by atoms with Crippen LogP contribution >= 0.6 is 0 Å².